The molecule has 0 fully saturated rings. The van der Waals surface area contributed by atoms with Gasteiger partial charge in [0.2, 0.25) is 0 Å². The maximum atomic E-state index is 12.1. The van der Waals surface area contributed by atoms with Gasteiger partial charge in [-0.25, -0.2) is 0 Å². The molecule has 116 valence electrons. The van der Waals surface area contributed by atoms with Crippen LogP contribution in [0.2, 0.25) is 0 Å². The molecule has 0 amide bonds. The van der Waals surface area contributed by atoms with Crippen LogP contribution in [-0.4, -0.2) is 25.5 Å². The molecule has 0 radical (unpaired) electrons. The molecule has 3 aromatic rings. The van der Waals surface area contributed by atoms with Crippen molar-refractivity contribution in [3.63, 3.8) is 0 Å². The summed E-state index contributed by atoms with van der Waals surface area (Å²) in [4.78, 5) is 16.2. The minimum Gasteiger partial charge on any atom is -0.314 e. The Hall–Kier alpha value is -2.82. The van der Waals surface area contributed by atoms with E-state index in [4.69, 9.17) is 0 Å². The Bertz CT molecular complexity index is 781. The number of nitrogens with zero attached hydrogens (tertiary/aromatic N) is 4. The number of carbonyl (C=O) groups is 1. The molecule has 0 aliphatic heterocycles. The number of carbonyl (C=O) groups excluding carboxylic acids is 1. The van der Waals surface area contributed by atoms with Gasteiger partial charge in [0.05, 0.1) is 0 Å². The van der Waals surface area contributed by atoms with Gasteiger partial charge in [-0.05, 0) is 17.7 Å². The van der Waals surface area contributed by atoms with Gasteiger partial charge >= 0.3 is 0 Å². The van der Waals surface area contributed by atoms with Gasteiger partial charge in [0.15, 0.2) is 5.82 Å². The van der Waals surface area contributed by atoms with E-state index in [-0.39, 0.29) is 5.78 Å². The molecule has 3 rings (SSSR count). The van der Waals surface area contributed by atoms with E-state index in [9.17, 15) is 4.79 Å². The number of rotatable bonds is 6. The van der Waals surface area contributed by atoms with Gasteiger partial charge < -0.3 is 4.57 Å². The highest BCUT2D eigenvalue weighted by molar-refractivity contribution is 5.81. The number of Topliss-reactive ketones (excluding diaryl/α,β-unsaturated/α-hetero) is 1. The van der Waals surface area contributed by atoms with Crippen molar-refractivity contribution in [3.05, 3.63) is 66.2 Å². The lowest BCUT2D eigenvalue weighted by atomic mass is 10.1. The van der Waals surface area contributed by atoms with Crippen LogP contribution >= 0.6 is 0 Å². The van der Waals surface area contributed by atoms with Gasteiger partial charge in [0.25, 0.3) is 0 Å². The summed E-state index contributed by atoms with van der Waals surface area (Å²) in [5.74, 6) is 1.79. The maximum Gasteiger partial charge on any atom is 0.165 e. The van der Waals surface area contributed by atoms with Crippen LogP contribution in [0.1, 0.15) is 17.8 Å². The third-order valence-corrected chi connectivity index (χ3v) is 3.76. The van der Waals surface area contributed by atoms with Crippen LogP contribution in [0, 0.1) is 0 Å². The zero-order valence-electron chi connectivity index (χ0n) is 13.0. The molecule has 1 aromatic carbocycles. The Balaban J connectivity index is 1.63. The Kier molecular flexibility index (Phi) is 4.57. The van der Waals surface area contributed by atoms with Crippen LogP contribution in [0.5, 0.6) is 0 Å². The van der Waals surface area contributed by atoms with Gasteiger partial charge in [-0.2, -0.15) is 0 Å². The van der Waals surface area contributed by atoms with E-state index in [2.05, 4.69) is 15.2 Å². The minimum absolute atomic E-state index is 0.210. The third-order valence-electron chi connectivity index (χ3n) is 3.76. The molecule has 0 atom stereocenters. The average Bonchev–Trinajstić information content (AvgIpc) is 2.95. The van der Waals surface area contributed by atoms with E-state index in [1.807, 2.05) is 54.1 Å². The van der Waals surface area contributed by atoms with Crippen molar-refractivity contribution < 1.29 is 4.79 Å². The Morgan fingerprint density at radius 3 is 2.65 bits per heavy atom. The fourth-order valence-electron chi connectivity index (χ4n) is 2.49. The summed E-state index contributed by atoms with van der Waals surface area (Å²) in [5, 5.41) is 8.41. The van der Waals surface area contributed by atoms with Crippen molar-refractivity contribution in [2.24, 2.45) is 7.05 Å². The number of benzene rings is 1. The van der Waals surface area contributed by atoms with E-state index in [1.54, 1.807) is 12.4 Å². The highest BCUT2D eigenvalue weighted by atomic mass is 16.1. The molecule has 2 aromatic heterocycles. The first-order chi connectivity index (χ1) is 11.2. The Labute approximate surface area is 135 Å². The van der Waals surface area contributed by atoms with Crippen molar-refractivity contribution in [2.45, 2.75) is 19.3 Å². The molecule has 0 saturated carbocycles. The summed E-state index contributed by atoms with van der Waals surface area (Å²) in [5.41, 5.74) is 1.97. The lowest BCUT2D eigenvalue weighted by Gasteiger charge is -2.04. The van der Waals surface area contributed by atoms with Crippen LogP contribution in [0.4, 0.5) is 0 Å². The SMILES string of the molecule is Cn1c(CCC(=O)Cc2ccccc2)nnc1-c1cccnc1. The summed E-state index contributed by atoms with van der Waals surface area (Å²) < 4.78 is 1.92. The molecule has 0 unspecified atom stereocenters. The van der Waals surface area contributed by atoms with Crippen molar-refractivity contribution in [3.8, 4) is 11.4 Å². The Morgan fingerprint density at radius 1 is 1.09 bits per heavy atom. The first-order valence-corrected chi connectivity index (χ1v) is 7.58. The predicted molar refractivity (Wildman–Crippen MR) is 87.7 cm³/mol. The third kappa shape index (κ3) is 3.69. The molecule has 5 nitrogen and oxygen atoms in total. The van der Waals surface area contributed by atoms with E-state index < -0.39 is 0 Å². The Morgan fingerprint density at radius 2 is 1.91 bits per heavy atom. The molecule has 0 N–H and O–H groups in total. The first-order valence-electron chi connectivity index (χ1n) is 7.58. The summed E-state index contributed by atoms with van der Waals surface area (Å²) >= 11 is 0. The van der Waals surface area contributed by atoms with E-state index in [1.165, 1.54) is 0 Å². The maximum absolute atomic E-state index is 12.1. The van der Waals surface area contributed by atoms with Crippen molar-refractivity contribution in [2.75, 3.05) is 0 Å². The number of pyridine rings is 1. The zero-order chi connectivity index (χ0) is 16.1. The summed E-state index contributed by atoms with van der Waals surface area (Å²) in [6.07, 6.45) is 5.01. The predicted octanol–water partition coefficient (Wildman–Crippen LogP) is 2.62. The standard InChI is InChI=1S/C18H18N4O/c1-22-17(20-21-18(22)15-8-5-11-19-13-15)10-9-16(23)12-14-6-3-2-4-7-14/h2-8,11,13H,9-10,12H2,1H3. The number of ketones is 1. The van der Waals surface area contributed by atoms with Gasteiger partial charge in [-0.15, -0.1) is 10.2 Å². The van der Waals surface area contributed by atoms with Crippen molar-refractivity contribution in [1.29, 1.82) is 0 Å². The second-order valence-corrected chi connectivity index (χ2v) is 5.44. The van der Waals surface area contributed by atoms with Gasteiger partial charge in [-0.1, -0.05) is 30.3 Å². The molecule has 23 heavy (non-hydrogen) atoms. The summed E-state index contributed by atoms with van der Waals surface area (Å²) in [6, 6.07) is 13.6. The fraction of sp³-hybridized carbons (Fsp3) is 0.222. The van der Waals surface area contributed by atoms with E-state index >= 15 is 0 Å². The second kappa shape index (κ2) is 6.96. The molecule has 0 aliphatic rings. The van der Waals surface area contributed by atoms with Crippen molar-refractivity contribution >= 4 is 5.78 Å². The molecule has 2 heterocycles. The molecule has 0 saturated heterocycles. The highest BCUT2D eigenvalue weighted by Gasteiger charge is 2.12. The van der Waals surface area contributed by atoms with Gasteiger partial charge in [0.1, 0.15) is 11.6 Å². The van der Waals surface area contributed by atoms with Gasteiger partial charge in [-0.3, -0.25) is 9.78 Å². The smallest absolute Gasteiger partial charge is 0.165 e. The quantitative estimate of drug-likeness (QED) is 0.702. The monoisotopic (exact) mass is 306 g/mol. The molecular formula is C18H18N4O. The number of aryl methyl sites for hydroxylation is 1. The topological polar surface area (TPSA) is 60.7 Å². The van der Waals surface area contributed by atoms with Crippen LogP contribution in [0.3, 0.4) is 0 Å². The summed E-state index contributed by atoms with van der Waals surface area (Å²) in [7, 11) is 1.92. The van der Waals surface area contributed by atoms with E-state index in [0.717, 1.165) is 22.8 Å². The van der Waals surface area contributed by atoms with Crippen molar-refractivity contribution in [1.82, 2.24) is 19.7 Å². The number of hydrogen-bond donors (Lipinski definition) is 0. The first kappa shape index (κ1) is 15.1. The molecule has 0 aliphatic carbocycles. The second-order valence-electron chi connectivity index (χ2n) is 5.44. The normalized spacial score (nSPS) is 10.7. The largest absolute Gasteiger partial charge is 0.314 e. The molecule has 0 bridgehead atoms. The van der Waals surface area contributed by atoms with Crippen LogP contribution in [0.15, 0.2) is 54.9 Å². The summed E-state index contributed by atoms with van der Waals surface area (Å²) in [6.45, 7) is 0. The lowest BCUT2D eigenvalue weighted by molar-refractivity contribution is -0.118. The highest BCUT2D eigenvalue weighted by Crippen LogP contribution is 2.16. The number of aromatic nitrogens is 4. The molecule has 5 heteroatoms. The fourth-order valence-corrected chi connectivity index (χ4v) is 2.49. The van der Waals surface area contributed by atoms with Crippen LogP contribution < -0.4 is 0 Å². The van der Waals surface area contributed by atoms with Crippen LogP contribution in [0.25, 0.3) is 11.4 Å². The van der Waals surface area contributed by atoms with E-state index in [0.29, 0.717) is 19.3 Å². The zero-order valence-corrected chi connectivity index (χ0v) is 13.0. The molecule has 0 spiro atoms. The van der Waals surface area contributed by atoms with Gasteiger partial charge in [0, 0.05) is 44.3 Å². The minimum atomic E-state index is 0.210. The molecular weight excluding hydrogens is 288 g/mol. The number of hydrogen-bond acceptors (Lipinski definition) is 4. The van der Waals surface area contributed by atoms with Crippen LogP contribution in [-0.2, 0) is 24.7 Å². The average molecular weight is 306 g/mol. The lowest BCUT2D eigenvalue weighted by Crippen LogP contribution is -2.07.